The lowest BCUT2D eigenvalue weighted by molar-refractivity contribution is -0.133. The van der Waals surface area contributed by atoms with E-state index < -0.39 is 0 Å². The normalized spacial score (nSPS) is 16.8. The zero-order valence-electron chi connectivity index (χ0n) is 14.6. The van der Waals surface area contributed by atoms with Crippen molar-refractivity contribution >= 4 is 17.5 Å². The fraction of sp³-hybridized carbons (Fsp3) is 0.500. The Morgan fingerprint density at radius 1 is 1.24 bits per heavy atom. The highest BCUT2D eigenvalue weighted by atomic mass is 35.5. The SMILES string of the molecule is CCCC(=O)N1CCN([C@H](C)c2nc(-c3ccc(Cl)cc3)no2)CC1. The third kappa shape index (κ3) is 4.19. The zero-order valence-corrected chi connectivity index (χ0v) is 15.4. The Kier molecular flexibility index (Phi) is 5.71. The second kappa shape index (κ2) is 7.97. The van der Waals surface area contributed by atoms with Crippen LogP contribution in [0.1, 0.15) is 38.6 Å². The Labute approximate surface area is 152 Å². The minimum atomic E-state index is 0.0250. The van der Waals surface area contributed by atoms with E-state index >= 15 is 0 Å². The fourth-order valence-electron chi connectivity index (χ4n) is 3.01. The second-order valence-corrected chi connectivity index (χ2v) is 6.74. The van der Waals surface area contributed by atoms with E-state index in [4.69, 9.17) is 16.1 Å². The molecule has 1 aromatic carbocycles. The van der Waals surface area contributed by atoms with Gasteiger partial charge in [-0.3, -0.25) is 9.69 Å². The number of nitrogens with zero attached hydrogens (tertiary/aromatic N) is 4. The Balaban J connectivity index is 1.62. The summed E-state index contributed by atoms with van der Waals surface area (Å²) in [5, 5.41) is 4.76. The average Bonchev–Trinajstić information content (AvgIpc) is 3.12. The molecule has 6 nitrogen and oxygen atoms in total. The lowest BCUT2D eigenvalue weighted by Crippen LogP contribution is -2.49. The monoisotopic (exact) mass is 362 g/mol. The van der Waals surface area contributed by atoms with Crippen LogP contribution in [-0.2, 0) is 4.79 Å². The summed E-state index contributed by atoms with van der Waals surface area (Å²) in [4.78, 5) is 20.7. The number of halogens is 1. The van der Waals surface area contributed by atoms with Gasteiger partial charge in [0.25, 0.3) is 0 Å². The molecular weight excluding hydrogens is 340 g/mol. The first kappa shape index (κ1) is 17.9. The molecule has 1 fully saturated rings. The maximum Gasteiger partial charge on any atom is 0.244 e. The van der Waals surface area contributed by atoms with Crippen molar-refractivity contribution < 1.29 is 9.32 Å². The van der Waals surface area contributed by atoms with Crippen LogP contribution in [0.15, 0.2) is 28.8 Å². The van der Waals surface area contributed by atoms with Gasteiger partial charge >= 0.3 is 0 Å². The van der Waals surface area contributed by atoms with E-state index in [0.717, 1.165) is 38.2 Å². The molecule has 0 unspecified atom stereocenters. The summed E-state index contributed by atoms with van der Waals surface area (Å²) >= 11 is 5.91. The van der Waals surface area contributed by atoms with Crippen LogP contribution >= 0.6 is 11.6 Å². The van der Waals surface area contributed by atoms with E-state index in [2.05, 4.69) is 22.0 Å². The number of carbonyl (C=O) groups is 1. The number of hydrogen-bond acceptors (Lipinski definition) is 5. The standard InChI is InChI=1S/C18H23ClN4O2/c1-3-4-16(24)23-11-9-22(10-12-23)13(2)18-20-17(21-25-18)14-5-7-15(19)8-6-14/h5-8,13H,3-4,9-12H2,1-2H3/t13-/m1/s1. The van der Waals surface area contributed by atoms with Crippen molar-refractivity contribution in [3.63, 3.8) is 0 Å². The van der Waals surface area contributed by atoms with Gasteiger partial charge in [-0.1, -0.05) is 23.7 Å². The number of carbonyl (C=O) groups excluding carboxylic acids is 1. The second-order valence-electron chi connectivity index (χ2n) is 6.31. The highest BCUT2D eigenvalue weighted by molar-refractivity contribution is 6.30. The predicted molar refractivity (Wildman–Crippen MR) is 96.2 cm³/mol. The maximum absolute atomic E-state index is 12.0. The van der Waals surface area contributed by atoms with Gasteiger partial charge in [0.2, 0.25) is 17.6 Å². The number of rotatable bonds is 5. The van der Waals surface area contributed by atoms with Crippen molar-refractivity contribution in [3.8, 4) is 11.4 Å². The van der Waals surface area contributed by atoms with E-state index in [1.807, 2.05) is 36.1 Å². The highest BCUT2D eigenvalue weighted by Gasteiger charge is 2.27. The molecule has 0 bridgehead atoms. The van der Waals surface area contributed by atoms with Gasteiger partial charge in [-0.25, -0.2) is 0 Å². The summed E-state index contributed by atoms with van der Waals surface area (Å²) in [5.74, 6) is 1.41. The molecule has 1 aromatic heterocycles. The number of amides is 1. The van der Waals surface area contributed by atoms with Gasteiger partial charge in [0.05, 0.1) is 6.04 Å². The molecule has 1 saturated heterocycles. The number of piperazine rings is 1. The molecule has 0 aliphatic carbocycles. The van der Waals surface area contributed by atoms with Gasteiger partial charge < -0.3 is 9.42 Å². The van der Waals surface area contributed by atoms with Crippen molar-refractivity contribution in [1.82, 2.24) is 19.9 Å². The Morgan fingerprint density at radius 3 is 2.56 bits per heavy atom. The quantitative estimate of drug-likeness (QED) is 0.815. The van der Waals surface area contributed by atoms with Crippen molar-refractivity contribution in [2.75, 3.05) is 26.2 Å². The summed E-state index contributed by atoms with van der Waals surface area (Å²) in [6.45, 7) is 7.22. The van der Waals surface area contributed by atoms with Crippen molar-refractivity contribution in [1.29, 1.82) is 0 Å². The van der Waals surface area contributed by atoms with Crippen LogP contribution in [0, 0.1) is 0 Å². The molecule has 3 rings (SSSR count). The molecule has 0 radical (unpaired) electrons. The highest BCUT2D eigenvalue weighted by Crippen LogP contribution is 2.24. The first-order valence-corrected chi connectivity index (χ1v) is 9.07. The number of benzene rings is 1. The number of hydrogen-bond donors (Lipinski definition) is 0. The van der Waals surface area contributed by atoms with E-state index in [9.17, 15) is 4.79 Å². The molecular formula is C18H23ClN4O2. The molecule has 1 atom stereocenters. The largest absolute Gasteiger partial charge is 0.340 e. The molecule has 2 aromatic rings. The van der Waals surface area contributed by atoms with Gasteiger partial charge in [0.15, 0.2) is 0 Å². The van der Waals surface area contributed by atoms with Gasteiger partial charge in [0.1, 0.15) is 0 Å². The molecule has 2 heterocycles. The molecule has 7 heteroatoms. The Bertz CT molecular complexity index is 708. The van der Waals surface area contributed by atoms with Crippen LogP contribution in [0.2, 0.25) is 5.02 Å². The number of aromatic nitrogens is 2. The van der Waals surface area contributed by atoms with E-state index in [1.165, 1.54) is 0 Å². The lowest BCUT2D eigenvalue weighted by Gasteiger charge is -2.36. The van der Waals surface area contributed by atoms with Gasteiger partial charge in [-0.05, 0) is 37.6 Å². The topological polar surface area (TPSA) is 62.5 Å². The molecule has 0 saturated carbocycles. The van der Waals surface area contributed by atoms with Crippen LogP contribution in [0.5, 0.6) is 0 Å². The van der Waals surface area contributed by atoms with Crippen LogP contribution in [0.4, 0.5) is 0 Å². The van der Waals surface area contributed by atoms with Gasteiger partial charge in [-0.2, -0.15) is 4.98 Å². The van der Waals surface area contributed by atoms with Crippen LogP contribution < -0.4 is 0 Å². The average molecular weight is 363 g/mol. The first-order valence-electron chi connectivity index (χ1n) is 8.70. The van der Waals surface area contributed by atoms with E-state index in [0.29, 0.717) is 23.2 Å². The Morgan fingerprint density at radius 2 is 1.92 bits per heavy atom. The fourth-order valence-corrected chi connectivity index (χ4v) is 3.13. The summed E-state index contributed by atoms with van der Waals surface area (Å²) in [5.41, 5.74) is 0.876. The Hall–Kier alpha value is -1.92. The van der Waals surface area contributed by atoms with Crippen molar-refractivity contribution in [3.05, 3.63) is 35.2 Å². The third-order valence-electron chi connectivity index (χ3n) is 4.58. The summed E-state index contributed by atoms with van der Waals surface area (Å²) in [7, 11) is 0. The predicted octanol–water partition coefficient (Wildman–Crippen LogP) is 3.40. The molecule has 134 valence electrons. The molecule has 0 N–H and O–H groups in total. The molecule has 25 heavy (non-hydrogen) atoms. The van der Waals surface area contributed by atoms with Crippen LogP contribution in [0.25, 0.3) is 11.4 Å². The molecule has 1 aliphatic heterocycles. The van der Waals surface area contributed by atoms with Crippen molar-refractivity contribution in [2.24, 2.45) is 0 Å². The lowest BCUT2D eigenvalue weighted by atomic mass is 10.2. The minimum Gasteiger partial charge on any atom is -0.340 e. The van der Waals surface area contributed by atoms with Gasteiger partial charge in [0, 0.05) is 43.2 Å². The molecule has 1 amide bonds. The summed E-state index contributed by atoms with van der Waals surface area (Å²) in [6, 6.07) is 7.39. The molecule has 0 spiro atoms. The zero-order chi connectivity index (χ0) is 17.8. The summed E-state index contributed by atoms with van der Waals surface area (Å²) in [6.07, 6.45) is 1.52. The third-order valence-corrected chi connectivity index (χ3v) is 4.83. The van der Waals surface area contributed by atoms with Crippen LogP contribution in [-0.4, -0.2) is 52.0 Å². The first-order chi connectivity index (χ1) is 12.1. The van der Waals surface area contributed by atoms with Gasteiger partial charge in [-0.15, -0.1) is 0 Å². The van der Waals surface area contributed by atoms with E-state index in [1.54, 1.807) is 0 Å². The maximum atomic E-state index is 12.0. The smallest absolute Gasteiger partial charge is 0.244 e. The minimum absolute atomic E-state index is 0.0250. The molecule has 1 aliphatic rings. The van der Waals surface area contributed by atoms with E-state index in [-0.39, 0.29) is 11.9 Å². The summed E-state index contributed by atoms with van der Waals surface area (Å²) < 4.78 is 5.46. The van der Waals surface area contributed by atoms with Crippen LogP contribution in [0.3, 0.4) is 0 Å². The van der Waals surface area contributed by atoms with Crippen molar-refractivity contribution in [2.45, 2.75) is 32.7 Å².